The SMILES string of the molecule is C/C=C\c1cc(C(=O)NCC)oc1/C=C/CC.CC1CCN(C(=O)NC(C)(C)C)C1. The molecule has 0 aliphatic carbocycles. The molecule has 2 rings (SSSR count). The van der Waals surface area contributed by atoms with Crippen LogP contribution in [0.5, 0.6) is 0 Å². The molecule has 30 heavy (non-hydrogen) atoms. The van der Waals surface area contributed by atoms with Gasteiger partial charge in [0.1, 0.15) is 5.76 Å². The summed E-state index contributed by atoms with van der Waals surface area (Å²) >= 11 is 0. The maximum absolute atomic E-state index is 11.6. The summed E-state index contributed by atoms with van der Waals surface area (Å²) in [7, 11) is 0. The number of nitrogens with zero attached hydrogens (tertiary/aromatic N) is 1. The van der Waals surface area contributed by atoms with Crippen LogP contribution in [-0.2, 0) is 0 Å². The van der Waals surface area contributed by atoms with Crippen molar-refractivity contribution in [2.75, 3.05) is 19.6 Å². The van der Waals surface area contributed by atoms with E-state index in [9.17, 15) is 9.59 Å². The second-order valence-corrected chi connectivity index (χ2v) is 8.62. The van der Waals surface area contributed by atoms with Gasteiger partial charge >= 0.3 is 6.03 Å². The highest BCUT2D eigenvalue weighted by molar-refractivity contribution is 5.92. The summed E-state index contributed by atoms with van der Waals surface area (Å²) in [5.41, 5.74) is 0.807. The second kappa shape index (κ2) is 12.3. The Morgan fingerprint density at radius 3 is 2.47 bits per heavy atom. The number of likely N-dealkylation sites (tertiary alicyclic amines) is 1. The van der Waals surface area contributed by atoms with Gasteiger partial charge in [0.15, 0.2) is 5.76 Å². The lowest BCUT2D eigenvalue weighted by Crippen LogP contribution is -2.47. The number of nitrogens with one attached hydrogen (secondary N) is 2. The Bertz CT molecular complexity index is 741. The van der Waals surface area contributed by atoms with E-state index in [1.807, 2.05) is 63.8 Å². The molecule has 6 nitrogen and oxygen atoms in total. The van der Waals surface area contributed by atoms with E-state index in [0.717, 1.165) is 37.3 Å². The summed E-state index contributed by atoms with van der Waals surface area (Å²) in [6.07, 6.45) is 9.84. The van der Waals surface area contributed by atoms with E-state index in [1.54, 1.807) is 6.07 Å². The molecule has 1 saturated heterocycles. The van der Waals surface area contributed by atoms with Crippen LogP contribution < -0.4 is 10.6 Å². The minimum absolute atomic E-state index is 0.0804. The van der Waals surface area contributed by atoms with Crippen molar-refractivity contribution in [3.8, 4) is 0 Å². The van der Waals surface area contributed by atoms with Crippen LogP contribution in [0.2, 0.25) is 0 Å². The van der Waals surface area contributed by atoms with Crippen molar-refractivity contribution < 1.29 is 14.0 Å². The monoisotopic (exact) mass is 417 g/mol. The van der Waals surface area contributed by atoms with Crippen molar-refractivity contribution in [1.82, 2.24) is 15.5 Å². The zero-order valence-corrected chi connectivity index (χ0v) is 19.7. The molecular weight excluding hydrogens is 378 g/mol. The lowest BCUT2D eigenvalue weighted by molar-refractivity contribution is 0.0927. The number of carbonyl (C=O) groups excluding carboxylic acids is 2. The van der Waals surface area contributed by atoms with Gasteiger partial charge in [-0.2, -0.15) is 0 Å². The molecule has 2 N–H and O–H groups in total. The van der Waals surface area contributed by atoms with E-state index in [4.69, 9.17) is 4.42 Å². The van der Waals surface area contributed by atoms with Gasteiger partial charge in [-0.15, -0.1) is 0 Å². The number of hydrogen-bond donors (Lipinski definition) is 2. The summed E-state index contributed by atoms with van der Waals surface area (Å²) in [6.45, 7) is 16.5. The van der Waals surface area contributed by atoms with Crippen molar-refractivity contribution in [1.29, 1.82) is 0 Å². The Kier molecular flexibility index (Phi) is 10.4. The highest BCUT2D eigenvalue weighted by Gasteiger charge is 2.25. The highest BCUT2D eigenvalue weighted by atomic mass is 16.3. The lowest BCUT2D eigenvalue weighted by Gasteiger charge is -2.25. The fourth-order valence-electron chi connectivity index (χ4n) is 2.96. The van der Waals surface area contributed by atoms with Gasteiger partial charge in [0, 0.05) is 30.7 Å². The molecule has 0 aromatic carbocycles. The molecule has 2 heterocycles. The van der Waals surface area contributed by atoms with Gasteiger partial charge in [0.2, 0.25) is 0 Å². The van der Waals surface area contributed by atoms with E-state index in [2.05, 4.69) is 24.5 Å². The normalized spacial score (nSPS) is 16.6. The summed E-state index contributed by atoms with van der Waals surface area (Å²) in [6, 6.07) is 1.84. The van der Waals surface area contributed by atoms with Gasteiger partial charge in [0.05, 0.1) is 0 Å². The topological polar surface area (TPSA) is 74.6 Å². The number of carbonyl (C=O) groups is 2. The number of furan rings is 1. The fourth-order valence-corrected chi connectivity index (χ4v) is 2.96. The average Bonchev–Trinajstić information content (AvgIpc) is 3.26. The molecule has 168 valence electrons. The van der Waals surface area contributed by atoms with Crippen molar-refractivity contribution in [3.05, 3.63) is 35.3 Å². The minimum Gasteiger partial charge on any atom is -0.451 e. The average molecular weight is 418 g/mol. The maximum Gasteiger partial charge on any atom is 0.317 e. The van der Waals surface area contributed by atoms with Gasteiger partial charge in [-0.1, -0.05) is 32.1 Å². The molecule has 0 saturated carbocycles. The van der Waals surface area contributed by atoms with Crippen molar-refractivity contribution in [3.63, 3.8) is 0 Å². The summed E-state index contributed by atoms with van der Waals surface area (Å²) in [5.74, 6) is 1.57. The van der Waals surface area contributed by atoms with Gasteiger partial charge in [-0.3, -0.25) is 4.79 Å². The first kappa shape index (κ1) is 25.5. The number of allylic oxidation sites excluding steroid dienone is 2. The molecule has 1 unspecified atom stereocenters. The predicted molar refractivity (Wildman–Crippen MR) is 124 cm³/mol. The quantitative estimate of drug-likeness (QED) is 0.681. The van der Waals surface area contributed by atoms with E-state index in [0.29, 0.717) is 18.2 Å². The van der Waals surface area contributed by atoms with Crippen molar-refractivity contribution in [2.24, 2.45) is 5.92 Å². The van der Waals surface area contributed by atoms with Crippen LogP contribution in [0, 0.1) is 5.92 Å². The molecule has 0 spiro atoms. The van der Waals surface area contributed by atoms with Crippen LogP contribution >= 0.6 is 0 Å². The van der Waals surface area contributed by atoms with Crippen LogP contribution in [-0.4, -0.2) is 42.0 Å². The Morgan fingerprint density at radius 2 is 1.97 bits per heavy atom. The molecule has 6 heteroatoms. The first-order valence-corrected chi connectivity index (χ1v) is 10.9. The Labute approximate surface area is 181 Å². The molecule has 0 bridgehead atoms. The smallest absolute Gasteiger partial charge is 0.317 e. The Balaban J connectivity index is 0.000000311. The van der Waals surface area contributed by atoms with Gasteiger partial charge in [0.25, 0.3) is 5.91 Å². The molecule has 1 aliphatic rings. The zero-order chi connectivity index (χ0) is 22.7. The molecule has 1 fully saturated rings. The summed E-state index contributed by atoms with van der Waals surface area (Å²) in [5, 5.41) is 5.69. The zero-order valence-electron chi connectivity index (χ0n) is 19.7. The van der Waals surface area contributed by atoms with Gasteiger partial charge in [-0.25, -0.2) is 4.79 Å². The van der Waals surface area contributed by atoms with E-state index >= 15 is 0 Å². The molecule has 1 aromatic heterocycles. The molecule has 1 aromatic rings. The largest absolute Gasteiger partial charge is 0.451 e. The third-order valence-corrected chi connectivity index (χ3v) is 4.40. The summed E-state index contributed by atoms with van der Waals surface area (Å²) < 4.78 is 5.53. The predicted octanol–water partition coefficient (Wildman–Crippen LogP) is 5.32. The molecular formula is C24H39N3O3. The van der Waals surface area contributed by atoms with Gasteiger partial charge < -0.3 is 20.0 Å². The first-order valence-electron chi connectivity index (χ1n) is 10.9. The lowest BCUT2D eigenvalue weighted by atomic mass is 10.1. The Hall–Kier alpha value is -2.50. The van der Waals surface area contributed by atoms with Crippen LogP contribution in [0.4, 0.5) is 4.79 Å². The molecule has 1 atom stereocenters. The van der Waals surface area contributed by atoms with E-state index in [1.165, 1.54) is 0 Å². The van der Waals surface area contributed by atoms with Crippen molar-refractivity contribution >= 4 is 24.1 Å². The number of hydrogen-bond acceptors (Lipinski definition) is 3. The third kappa shape index (κ3) is 8.89. The van der Waals surface area contributed by atoms with Crippen molar-refractivity contribution in [2.45, 2.75) is 66.8 Å². The minimum atomic E-state index is -0.172. The van der Waals surface area contributed by atoms with Gasteiger partial charge in [-0.05, 0) is 65.5 Å². The first-order chi connectivity index (χ1) is 14.1. The molecule has 0 radical (unpaired) electrons. The van der Waals surface area contributed by atoms with Crippen LogP contribution in [0.1, 0.15) is 83.2 Å². The number of rotatable bonds is 5. The standard InChI is InChI=1S/C14H19NO2.C10H20N2O/c1-4-7-9-12-11(8-5-2)10-13(17-12)14(16)15-6-3;1-8-5-6-12(7-8)9(13)11-10(2,3)4/h5,7-10H,4,6H2,1-3H3,(H,15,16);8H,5-7H2,1-4H3,(H,11,13)/b8-5-,9-7+;. The third-order valence-electron chi connectivity index (χ3n) is 4.40. The Morgan fingerprint density at radius 1 is 1.27 bits per heavy atom. The molecule has 3 amide bonds. The van der Waals surface area contributed by atoms with E-state index < -0.39 is 0 Å². The maximum atomic E-state index is 11.6. The number of urea groups is 1. The molecule has 1 aliphatic heterocycles. The van der Waals surface area contributed by atoms with Crippen LogP contribution in [0.3, 0.4) is 0 Å². The summed E-state index contributed by atoms with van der Waals surface area (Å²) in [4.78, 5) is 25.2. The van der Waals surface area contributed by atoms with E-state index in [-0.39, 0.29) is 17.5 Å². The fraction of sp³-hybridized carbons (Fsp3) is 0.583. The second-order valence-electron chi connectivity index (χ2n) is 8.62. The van der Waals surface area contributed by atoms with Crippen LogP contribution in [0.15, 0.2) is 22.6 Å². The highest BCUT2D eigenvalue weighted by Crippen LogP contribution is 2.19. The number of amides is 3. The van der Waals surface area contributed by atoms with Crippen LogP contribution in [0.25, 0.3) is 12.2 Å².